The summed E-state index contributed by atoms with van der Waals surface area (Å²) in [5.41, 5.74) is 6.93. The normalized spacial score (nSPS) is 12.4. The summed E-state index contributed by atoms with van der Waals surface area (Å²) in [7, 11) is 0. The summed E-state index contributed by atoms with van der Waals surface area (Å²) in [6.45, 7) is 1.82. The molecule has 122 valence electrons. The Labute approximate surface area is 135 Å². The van der Waals surface area contributed by atoms with Crippen molar-refractivity contribution in [3.05, 3.63) is 71.8 Å². The monoisotopic (exact) mass is 315 g/mol. The van der Waals surface area contributed by atoms with E-state index in [1.165, 1.54) is 0 Å². The fourth-order valence-corrected chi connectivity index (χ4v) is 1.95. The highest BCUT2D eigenvalue weighted by Gasteiger charge is 2.16. The van der Waals surface area contributed by atoms with Gasteiger partial charge >= 0.3 is 11.9 Å². The van der Waals surface area contributed by atoms with Crippen LogP contribution in [0.3, 0.4) is 0 Å². The number of rotatable bonds is 5. The lowest BCUT2D eigenvalue weighted by molar-refractivity contribution is -0.139. The Bertz CT molecular complexity index is 613. The number of nitrogens with two attached hydrogens (primary N) is 1. The Hall–Kier alpha value is -2.66. The summed E-state index contributed by atoms with van der Waals surface area (Å²) in [5, 5.41) is 17.4. The minimum absolute atomic E-state index is 0.138. The van der Waals surface area contributed by atoms with E-state index < -0.39 is 23.8 Å². The molecule has 0 aliphatic heterocycles. The van der Waals surface area contributed by atoms with Gasteiger partial charge in [0.25, 0.3) is 0 Å². The minimum Gasteiger partial charge on any atom is -0.481 e. The van der Waals surface area contributed by atoms with Crippen LogP contribution in [0.15, 0.2) is 60.7 Å². The molecule has 0 fully saturated rings. The number of carboxylic acid groups (broad SMARTS) is 2. The van der Waals surface area contributed by atoms with Gasteiger partial charge in [-0.3, -0.25) is 9.59 Å². The fourth-order valence-electron chi connectivity index (χ4n) is 1.95. The molecule has 0 saturated heterocycles. The van der Waals surface area contributed by atoms with E-state index in [0.717, 1.165) is 11.1 Å². The van der Waals surface area contributed by atoms with Crippen LogP contribution in [0.1, 0.15) is 29.9 Å². The van der Waals surface area contributed by atoms with Crippen LogP contribution in [0.5, 0.6) is 0 Å². The molecule has 2 rings (SSSR count). The lowest BCUT2D eigenvalue weighted by atomic mass is 10.00. The van der Waals surface area contributed by atoms with Crippen LogP contribution < -0.4 is 5.73 Å². The summed E-state index contributed by atoms with van der Waals surface area (Å²) in [5.74, 6) is -2.64. The van der Waals surface area contributed by atoms with E-state index in [9.17, 15) is 9.59 Å². The largest absolute Gasteiger partial charge is 0.481 e. The number of carboxylic acids is 2. The van der Waals surface area contributed by atoms with Gasteiger partial charge in [0.15, 0.2) is 0 Å². The molecule has 0 aliphatic carbocycles. The van der Waals surface area contributed by atoms with Crippen LogP contribution in [0.4, 0.5) is 0 Å². The molecular weight excluding hydrogens is 294 g/mol. The standard InChI is InChI=1S/C9H11NO2.C9H10O2/c10-6-8(9(11)12)7-4-2-1-3-5-7;1-7(9(10)11)8-5-3-2-4-6-8/h1-5,8H,6,10H2,(H,11,12);2-7H,1H3,(H,10,11). The van der Waals surface area contributed by atoms with Crippen molar-refractivity contribution in [3.8, 4) is 0 Å². The quantitative estimate of drug-likeness (QED) is 0.787. The van der Waals surface area contributed by atoms with Crippen LogP contribution in [0.25, 0.3) is 0 Å². The predicted molar refractivity (Wildman–Crippen MR) is 88.4 cm³/mol. The van der Waals surface area contributed by atoms with E-state index in [0.29, 0.717) is 0 Å². The average molecular weight is 315 g/mol. The Morgan fingerprint density at radius 2 is 1.30 bits per heavy atom. The second-order valence-corrected chi connectivity index (χ2v) is 5.01. The van der Waals surface area contributed by atoms with Crippen molar-refractivity contribution in [3.63, 3.8) is 0 Å². The highest BCUT2D eigenvalue weighted by Crippen LogP contribution is 2.14. The molecular formula is C18H21NO4. The summed E-state index contributed by atoms with van der Waals surface area (Å²) < 4.78 is 0. The zero-order chi connectivity index (χ0) is 17.2. The van der Waals surface area contributed by atoms with Gasteiger partial charge in [-0.15, -0.1) is 0 Å². The molecule has 2 atom stereocenters. The maximum absolute atomic E-state index is 10.7. The van der Waals surface area contributed by atoms with Crippen molar-refractivity contribution in [2.75, 3.05) is 6.54 Å². The highest BCUT2D eigenvalue weighted by atomic mass is 16.4. The molecule has 2 aromatic rings. The van der Waals surface area contributed by atoms with Crippen molar-refractivity contribution in [2.45, 2.75) is 18.8 Å². The van der Waals surface area contributed by atoms with Gasteiger partial charge in [0.1, 0.15) is 0 Å². The van der Waals surface area contributed by atoms with Crippen molar-refractivity contribution in [1.29, 1.82) is 0 Å². The predicted octanol–water partition coefficient (Wildman–Crippen LogP) is 2.69. The molecule has 2 unspecified atom stereocenters. The molecule has 5 heteroatoms. The first-order chi connectivity index (χ1) is 11.0. The maximum atomic E-state index is 10.7. The van der Waals surface area contributed by atoms with E-state index in [4.69, 9.17) is 15.9 Å². The van der Waals surface area contributed by atoms with Crippen LogP contribution in [-0.2, 0) is 9.59 Å². The third-order valence-corrected chi connectivity index (χ3v) is 3.41. The molecule has 23 heavy (non-hydrogen) atoms. The number of benzene rings is 2. The van der Waals surface area contributed by atoms with Gasteiger partial charge in [-0.1, -0.05) is 60.7 Å². The molecule has 0 radical (unpaired) electrons. The Balaban J connectivity index is 0.000000231. The first kappa shape index (κ1) is 18.4. The average Bonchev–Trinajstić information content (AvgIpc) is 2.57. The molecule has 0 aromatic heterocycles. The summed E-state index contributed by atoms with van der Waals surface area (Å²) in [6.07, 6.45) is 0. The van der Waals surface area contributed by atoms with Gasteiger partial charge in [-0.25, -0.2) is 0 Å². The van der Waals surface area contributed by atoms with Gasteiger partial charge in [-0.2, -0.15) is 0 Å². The third kappa shape index (κ3) is 5.92. The number of carbonyl (C=O) groups is 2. The molecule has 5 nitrogen and oxygen atoms in total. The molecule has 2 aromatic carbocycles. The number of aliphatic carboxylic acids is 2. The highest BCUT2D eigenvalue weighted by molar-refractivity contribution is 5.76. The van der Waals surface area contributed by atoms with Gasteiger partial charge < -0.3 is 15.9 Å². The van der Waals surface area contributed by atoms with Crippen LogP contribution in [-0.4, -0.2) is 28.7 Å². The van der Waals surface area contributed by atoms with E-state index in [1.54, 1.807) is 31.2 Å². The van der Waals surface area contributed by atoms with E-state index in [2.05, 4.69) is 0 Å². The Kier molecular flexibility index (Phi) is 7.50. The summed E-state index contributed by atoms with van der Waals surface area (Å²) >= 11 is 0. The molecule has 0 bridgehead atoms. The van der Waals surface area contributed by atoms with E-state index in [1.807, 2.05) is 36.4 Å². The van der Waals surface area contributed by atoms with Crippen LogP contribution in [0, 0.1) is 0 Å². The van der Waals surface area contributed by atoms with E-state index in [-0.39, 0.29) is 6.54 Å². The number of hydrogen-bond acceptors (Lipinski definition) is 3. The fraction of sp³-hybridized carbons (Fsp3) is 0.222. The molecule has 0 spiro atoms. The van der Waals surface area contributed by atoms with Gasteiger partial charge in [-0.05, 0) is 18.1 Å². The lowest BCUT2D eigenvalue weighted by Gasteiger charge is -2.08. The second kappa shape index (κ2) is 9.38. The molecule has 0 amide bonds. The zero-order valence-electron chi connectivity index (χ0n) is 12.9. The van der Waals surface area contributed by atoms with Crippen molar-refractivity contribution < 1.29 is 19.8 Å². The Morgan fingerprint density at radius 3 is 1.65 bits per heavy atom. The van der Waals surface area contributed by atoms with Crippen LogP contribution >= 0.6 is 0 Å². The van der Waals surface area contributed by atoms with Crippen LogP contribution in [0.2, 0.25) is 0 Å². The molecule has 0 saturated carbocycles. The Morgan fingerprint density at radius 1 is 0.870 bits per heavy atom. The summed E-state index contributed by atoms with van der Waals surface area (Å²) in [6, 6.07) is 18.2. The minimum atomic E-state index is -0.872. The van der Waals surface area contributed by atoms with Crippen molar-refractivity contribution in [1.82, 2.24) is 0 Å². The first-order valence-corrected chi connectivity index (χ1v) is 7.23. The lowest BCUT2D eigenvalue weighted by Crippen LogP contribution is -2.20. The summed E-state index contributed by atoms with van der Waals surface area (Å²) in [4.78, 5) is 21.2. The first-order valence-electron chi connectivity index (χ1n) is 7.23. The van der Waals surface area contributed by atoms with Gasteiger partial charge in [0.05, 0.1) is 11.8 Å². The zero-order valence-corrected chi connectivity index (χ0v) is 12.9. The topological polar surface area (TPSA) is 101 Å². The number of hydrogen-bond donors (Lipinski definition) is 3. The second-order valence-electron chi connectivity index (χ2n) is 5.01. The van der Waals surface area contributed by atoms with Gasteiger partial charge in [0.2, 0.25) is 0 Å². The van der Waals surface area contributed by atoms with Gasteiger partial charge in [0, 0.05) is 6.54 Å². The van der Waals surface area contributed by atoms with Crippen molar-refractivity contribution >= 4 is 11.9 Å². The smallest absolute Gasteiger partial charge is 0.312 e. The SMILES string of the molecule is CC(C(=O)O)c1ccccc1.NCC(C(=O)O)c1ccccc1. The molecule has 0 heterocycles. The van der Waals surface area contributed by atoms with Crippen molar-refractivity contribution in [2.24, 2.45) is 5.73 Å². The third-order valence-electron chi connectivity index (χ3n) is 3.41. The maximum Gasteiger partial charge on any atom is 0.312 e. The van der Waals surface area contributed by atoms with E-state index >= 15 is 0 Å². The molecule has 4 N–H and O–H groups in total. The molecule has 0 aliphatic rings.